The maximum atomic E-state index is 11.8. The minimum absolute atomic E-state index is 0.0922. The van der Waals surface area contributed by atoms with Crippen LogP contribution in [0.2, 0.25) is 0 Å². The highest BCUT2D eigenvalue weighted by molar-refractivity contribution is 5.41. The van der Waals surface area contributed by atoms with Crippen LogP contribution in [-0.4, -0.2) is 19.6 Å². The zero-order valence-corrected chi connectivity index (χ0v) is 10.3. The van der Waals surface area contributed by atoms with Crippen LogP contribution in [0.4, 0.5) is 0 Å². The molecule has 6 nitrogen and oxygen atoms in total. The van der Waals surface area contributed by atoms with Crippen molar-refractivity contribution in [3.8, 4) is 11.6 Å². The summed E-state index contributed by atoms with van der Waals surface area (Å²) in [5.74, 6) is -0.363. The lowest BCUT2D eigenvalue weighted by Gasteiger charge is -2.11. The molecule has 18 heavy (non-hydrogen) atoms. The summed E-state index contributed by atoms with van der Waals surface area (Å²) < 4.78 is 1.04. The first-order valence-electron chi connectivity index (χ1n) is 5.41. The van der Waals surface area contributed by atoms with Crippen molar-refractivity contribution in [1.29, 1.82) is 0 Å². The standard InChI is InChI=1S/C12H13N3O3/c1-6-4-5-9(8(3)13-6)15-11(17)7(2)10(16)14-12(15)18/h4-5,17H,1-3H3,(H,14,16,18). The van der Waals surface area contributed by atoms with Crippen LogP contribution in [0.1, 0.15) is 17.0 Å². The second-order valence-electron chi connectivity index (χ2n) is 4.10. The van der Waals surface area contributed by atoms with Gasteiger partial charge in [0.2, 0.25) is 5.88 Å². The number of pyridine rings is 1. The Balaban J connectivity index is 2.84. The molecule has 0 aliphatic heterocycles. The van der Waals surface area contributed by atoms with E-state index in [0.717, 1.165) is 10.3 Å². The van der Waals surface area contributed by atoms with Gasteiger partial charge in [-0.25, -0.2) is 9.36 Å². The van der Waals surface area contributed by atoms with E-state index >= 15 is 0 Å². The van der Waals surface area contributed by atoms with Crippen molar-refractivity contribution in [3.05, 3.63) is 49.9 Å². The van der Waals surface area contributed by atoms with Gasteiger partial charge in [0.1, 0.15) is 0 Å². The highest BCUT2D eigenvalue weighted by Crippen LogP contribution is 2.17. The highest BCUT2D eigenvalue weighted by atomic mass is 16.3. The average molecular weight is 247 g/mol. The van der Waals surface area contributed by atoms with Crippen molar-refractivity contribution >= 4 is 0 Å². The predicted octanol–water partition coefficient (Wildman–Crippen LogP) is 0.552. The Morgan fingerprint density at radius 1 is 1.22 bits per heavy atom. The molecule has 2 aromatic rings. The number of hydrogen-bond donors (Lipinski definition) is 2. The van der Waals surface area contributed by atoms with E-state index in [4.69, 9.17) is 0 Å². The third-order valence-electron chi connectivity index (χ3n) is 2.75. The summed E-state index contributed by atoms with van der Waals surface area (Å²) in [5.41, 5.74) is 0.670. The maximum Gasteiger partial charge on any atom is 0.335 e. The normalized spacial score (nSPS) is 10.6. The van der Waals surface area contributed by atoms with E-state index in [9.17, 15) is 14.7 Å². The summed E-state index contributed by atoms with van der Waals surface area (Å²) in [4.78, 5) is 29.5. The van der Waals surface area contributed by atoms with Crippen molar-refractivity contribution < 1.29 is 5.11 Å². The minimum atomic E-state index is -0.683. The number of H-pyrrole nitrogens is 1. The molecule has 2 rings (SSSR count). The van der Waals surface area contributed by atoms with E-state index in [1.165, 1.54) is 6.92 Å². The topological polar surface area (TPSA) is 88.0 Å². The lowest BCUT2D eigenvalue weighted by Crippen LogP contribution is -2.30. The second kappa shape index (κ2) is 4.14. The van der Waals surface area contributed by atoms with Gasteiger partial charge in [-0.05, 0) is 32.9 Å². The van der Waals surface area contributed by atoms with Crippen molar-refractivity contribution in [2.45, 2.75) is 20.8 Å². The van der Waals surface area contributed by atoms with Crippen LogP contribution in [0.15, 0.2) is 21.7 Å². The molecule has 6 heteroatoms. The fourth-order valence-electron chi connectivity index (χ4n) is 1.75. The van der Waals surface area contributed by atoms with Gasteiger partial charge in [-0.15, -0.1) is 0 Å². The van der Waals surface area contributed by atoms with Gasteiger partial charge >= 0.3 is 5.69 Å². The molecular weight excluding hydrogens is 234 g/mol. The zero-order valence-electron chi connectivity index (χ0n) is 10.3. The molecule has 94 valence electrons. The number of aromatic amines is 1. The Morgan fingerprint density at radius 3 is 2.50 bits per heavy atom. The molecule has 0 amide bonds. The van der Waals surface area contributed by atoms with E-state index < -0.39 is 11.2 Å². The molecule has 0 aliphatic rings. The lowest BCUT2D eigenvalue weighted by molar-refractivity contribution is 0.425. The molecule has 0 aromatic carbocycles. The molecule has 2 N–H and O–H groups in total. The number of aromatic nitrogens is 3. The molecular formula is C12H13N3O3. The molecule has 0 bridgehead atoms. The van der Waals surface area contributed by atoms with Crippen molar-refractivity contribution in [3.63, 3.8) is 0 Å². The largest absolute Gasteiger partial charge is 0.494 e. The molecule has 0 aliphatic carbocycles. The number of rotatable bonds is 1. The molecule has 0 spiro atoms. The molecule has 0 radical (unpaired) electrons. The first-order valence-corrected chi connectivity index (χ1v) is 5.41. The summed E-state index contributed by atoms with van der Waals surface area (Å²) in [6, 6.07) is 3.41. The van der Waals surface area contributed by atoms with E-state index in [-0.39, 0.29) is 11.4 Å². The Hall–Kier alpha value is -2.37. The van der Waals surface area contributed by atoms with Crippen LogP contribution >= 0.6 is 0 Å². The molecule has 2 aromatic heterocycles. The number of aromatic hydroxyl groups is 1. The summed E-state index contributed by atoms with van der Waals surface area (Å²) in [6.45, 7) is 5.01. The summed E-state index contributed by atoms with van der Waals surface area (Å²) in [7, 11) is 0. The molecule has 0 fully saturated rings. The van der Waals surface area contributed by atoms with Crippen LogP contribution < -0.4 is 11.2 Å². The molecule has 0 unspecified atom stereocenters. The van der Waals surface area contributed by atoms with Gasteiger partial charge in [0.15, 0.2) is 0 Å². The fraction of sp³-hybridized carbons (Fsp3) is 0.250. The number of hydrogen-bond acceptors (Lipinski definition) is 4. The molecule has 0 saturated heterocycles. The fourth-order valence-corrected chi connectivity index (χ4v) is 1.75. The van der Waals surface area contributed by atoms with Crippen LogP contribution in [0.5, 0.6) is 5.88 Å². The highest BCUT2D eigenvalue weighted by Gasteiger charge is 2.13. The third kappa shape index (κ3) is 1.81. The zero-order chi connectivity index (χ0) is 13.4. The first kappa shape index (κ1) is 12.1. The Labute approximate surface area is 103 Å². The molecule has 0 saturated carbocycles. The van der Waals surface area contributed by atoms with Gasteiger partial charge in [0.25, 0.3) is 5.56 Å². The molecule has 0 atom stereocenters. The summed E-state index contributed by atoms with van der Waals surface area (Å²) in [6.07, 6.45) is 0. The van der Waals surface area contributed by atoms with Gasteiger partial charge < -0.3 is 5.11 Å². The van der Waals surface area contributed by atoms with Crippen molar-refractivity contribution in [2.75, 3.05) is 0 Å². The van der Waals surface area contributed by atoms with Gasteiger partial charge in [-0.1, -0.05) is 0 Å². The van der Waals surface area contributed by atoms with Crippen molar-refractivity contribution in [1.82, 2.24) is 14.5 Å². The Morgan fingerprint density at radius 2 is 1.89 bits per heavy atom. The average Bonchev–Trinajstić information content (AvgIpc) is 2.29. The summed E-state index contributed by atoms with van der Waals surface area (Å²) >= 11 is 0. The maximum absolute atomic E-state index is 11.8. The first-order chi connectivity index (χ1) is 8.41. The monoisotopic (exact) mass is 247 g/mol. The van der Waals surface area contributed by atoms with Crippen LogP contribution in [-0.2, 0) is 0 Å². The van der Waals surface area contributed by atoms with E-state index in [1.54, 1.807) is 19.1 Å². The van der Waals surface area contributed by atoms with E-state index in [1.807, 2.05) is 6.92 Å². The SMILES string of the molecule is Cc1ccc(-n2c(O)c(C)c(=O)[nH]c2=O)c(C)n1. The van der Waals surface area contributed by atoms with Gasteiger partial charge in [-0.2, -0.15) is 0 Å². The number of nitrogens with one attached hydrogen (secondary N) is 1. The minimum Gasteiger partial charge on any atom is -0.494 e. The Kier molecular flexibility index (Phi) is 2.78. The summed E-state index contributed by atoms with van der Waals surface area (Å²) in [5, 5.41) is 9.92. The number of nitrogens with zero attached hydrogens (tertiary/aromatic N) is 2. The van der Waals surface area contributed by atoms with Crippen LogP contribution in [0, 0.1) is 20.8 Å². The smallest absolute Gasteiger partial charge is 0.335 e. The van der Waals surface area contributed by atoms with Crippen LogP contribution in [0.25, 0.3) is 5.69 Å². The van der Waals surface area contributed by atoms with Crippen molar-refractivity contribution in [2.24, 2.45) is 0 Å². The third-order valence-corrected chi connectivity index (χ3v) is 2.75. The van der Waals surface area contributed by atoms with E-state index in [0.29, 0.717) is 11.4 Å². The van der Waals surface area contributed by atoms with Gasteiger partial charge in [0, 0.05) is 5.69 Å². The second-order valence-corrected chi connectivity index (χ2v) is 4.10. The van der Waals surface area contributed by atoms with Crippen LogP contribution in [0.3, 0.4) is 0 Å². The quantitative estimate of drug-likeness (QED) is 0.770. The number of aryl methyl sites for hydroxylation is 2. The predicted molar refractivity (Wildman–Crippen MR) is 66.3 cm³/mol. The molecule has 2 heterocycles. The Bertz CT molecular complexity index is 728. The van der Waals surface area contributed by atoms with Gasteiger partial charge in [0.05, 0.1) is 16.9 Å². The van der Waals surface area contributed by atoms with E-state index in [2.05, 4.69) is 9.97 Å². The lowest BCUT2D eigenvalue weighted by atomic mass is 10.2. The van der Waals surface area contributed by atoms with Gasteiger partial charge in [-0.3, -0.25) is 14.8 Å².